The van der Waals surface area contributed by atoms with Gasteiger partial charge in [0, 0.05) is 91.3 Å². The number of hydrogen-bond donors (Lipinski definition) is 12. The summed E-state index contributed by atoms with van der Waals surface area (Å²) in [4.78, 5) is 137. The Hall–Kier alpha value is -15.8. The van der Waals surface area contributed by atoms with Gasteiger partial charge in [0.25, 0.3) is 23.6 Å². The first-order valence-corrected chi connectivity index (χ1v) is 47.4. The van der Waals surface area contributed by atoms with E-state index in [2.05, 4.69) is 61.1 Å². The number of imidazole rings is 4. The van der Waals surface area contributed by atoms with Crippen LogP contribution in [-0.2, 0) is 57.9 Å². The Bertz CT molecular complexity index is 8110. The normalized spacial score (nSPS) is 18.5. The Morgan fingerprint density at radius 3 is 1.06 bits per heavy atom. The summed E-state index contributed by atoms with van der Waals surface area (Å²) in [7, 11) is 1.49. The number of thiophene rings is 1. The van der Waals surface area contributed by atoms with Crippen molar-refractivity contribution in [2.24, 2.45) is 5.92 Å². The molecule has 2 fully saturated rings. The molecule has 145 heavy (non-hydrogen) atoms. The van der Waals surface area contributed by atoms with Gasteiger partial charge in [-0.2, -0.15) is 0 Å². The number of hydrogen-bond acceptors (Lipinski definition) is 21. The molecule has 5 unspecified atom stereocenters. The highest BCUT2D eigenvalue weighted by molar-refractivity contribution is 7.10. The molecular formula is C104H78Cl4F4N16O16S. The van der Waals surface area contributed by atoms with Crippen LogP contribution in [0.3, 0.4) is 0 Å². The average Bonchev–Trinajstić information content (AvgIpc) is 1.57. The predicted molar refractivity (Wildman–Crippen MR) is 534 cm³/mol. The Balaban J connectivity index is 0.000000118. The number of aliphatic hydroxyl groups is 4. The van der Waals surface area contributed by atoms with Gasteiger partial charge < -0.3 is 59.3 Å². The lowest BCUT2D eigenvalue weighted by Gasteiger charge is -2.35. The molecule has 5 atom stereocenters. The highest BCUT2D eigenvalue weighted by Gasteiger charge is 2.57. The standard InChI is InChI=1S/C27H22ClFN4O5.C27H18ClFN4O3S.C25H20ClFN4O5.C25H18ClFN4O3/c28-19-8-3-9-22(23(19)29)33-24(34)17-6-1-2-7-18(17)27(33,36)15-10-11-20-21(13-15)31-25(30-20)32-26(35)38-14-16-5-4-12-37-16;28-19-8-3-9-22(24(19)29)33-25(35)17-6-1-2-7-18(17)27(33,36)15-10-11-20-21(13-15)31-26(30-20)32-23(34)14-16-5-4-12-37-16;1-35-11-12-36-24(33)30-23-28-18-10-9-14(13-19(18)29-23)25(34)16-6-3-2-5-15(16)22(32)31(25)20-8-4-7-17(26)21(20)27;26-17-6-3-7-20(21(17)27)31-23(33)15-4-1-2-5-16(15)25(31,34)14-10-11-18-19(12-14)29-24(28-18)30-22(32)13-8-9-13/h1-3,6-11,13,16,36H,4-5,12,14H2,(H2,30,31,32,35);1-13,36H,14H2,(H2,30,31,32,34);2-10,13,34H,11-12H2,1H3,(H2,28,29,30,33);1-7,10-13,34H,8-9H2,(H2,28,29,30,32). The Labute approximate surface area is 842 Å². The number of halogens is 8. The molecule has 5 aromatic heterocycles. The number of nitrogens with zero attached hydrogens (tertiary/aromatic N) is 8. The van der Waals surface area contributed by atoms with Crippen LogP contribution in [0, 0.1) is 29.2 Å². The SMILES string of the molecule is COCCOC(=O)Nc1nc2ccc(C3(O)c4ccccc4C(=O)N3c3cccc(Cl)c3F)cc2[nH]1.O=C(Cc1cccs1)Nc1nc2ccc(C3(O)c4ccccc4C(=O)N3c3cccc(Cl)c3F)cc2[nH]1.O=C(Nc1nc2ccc(C3(O)c4ccccc4C(=O)N3c3cccc(Cl)c3F)cc2[nH]1)C1CC1.O=C(Nc1nc2ccc(C3(O)c4ccccc4C(=O)N3c3cccc(Cl)c3F)cc2[nH]1)OCC1CCCO1. The number of rotatable bonds is 20. The third-order valence-electron chi connectivity index (χ3n) is 25.2. The lowest BCUT2D eigenvalue weighted by atomic mass is 9.93. The maximum Gasteiger partial charge on any atom is 0.414 e. The summed E-state index contributed by atoms with van der Waals surface area (Å²) in [6, 6.07) is 66.5. The summed E-state index contributed by atoms with van der Waals surface area (Å²) in [5, 5.41) is 60.3. The quantitative estimate of drug-likeness (QED) is 0.0249. The van der Waals surface area contributed by atoms with Gasteiger partial charge in [-0.3, -0.25) is 69.6 Å². The predicted octanol–water partition coefficient (Wildman–Crippen LogP) is 19.4. The van der Waals surface area contributed by atoms with Crippen molar-refractivity contribution in [2.45, 2.75) is 61.1 Å². The molecule has 1 aliphatic carbocycles. The molecule has 1 saturated heterocycles. The molecular weight excluding hydrogens is 1980 g/mol. The van der Waals surface area contributed by atoms with Crippen LogP contribution in [0.1, 0.15) is 117 Å². The van der Waals surface area contributed by atoms with Crippen LogP contribution >= 0.6 is 57.7 Å². The molecule has 32 nitrogen and oxygen atoms in total. The zero-order valence-electron chi connectivity index (χ0n) is 75.5. The van der Waals surface area contributed by atoms with Crippen molar-refractivity contribution in [3.8, 4) is 0 Å². The van der Waals surface area contributed by atoms with E-state index in [1.54, 1.807) is 170 Å². The third-order valence-corrected chi connectivity index (χ3v) is 27.3. The maximum atomic E-state index is 15.1. The summed E-state index contributed by atoms with van der Waals surface area (Å²) < 4.78 is 80.9. The summed E-state index contributed by atoms with van der Waals surface area (Å²) in [6.07, 6.45) is 2.22. The van der Waals surface area contributed by atoms with Gasteiger partial charge in [-0.25, -0.2) is 47.1 Å². The largest absolute Gasteiger partial charge is 0.447 e. The second kappa shape index (κ2) is 39.2. The van der Waals surface area contributed by atoms with Crippen molar-refractivity contribution < 1.29 is 95.3 Å². The van der Waals surface area contributed by atoms with Crippen molar-refractivity contribution in [2.75, 3.05) is 74.4 Å². The molecule has 6 aliphatic rings. The van der Waals surface area contributed by atoms with E-state index in [9.17, 15) is 58.8 Å². The first-order valence-electron chi connectivity index (χ1n) is 45.0. The Kier molecular flexibility index (Phi) is 26.1. The average molecular weight is 2060 g/mol. The lowest BCUT2D eigenvalue weighted by molar-refractivity contribution is -0.117. The smallest absolute Gasteiger partial charge is 0.414 e. The Morgan fingerprint density at radius 2 is 0.745 bits per heavy atom. The number of aromatic nitrogens is 8. The number of anilines is 8. The monoisotopic (exact) mass is 2050 g/mol. The number of carbonyl (C=O) groups excluding carboxylic acids is 8. The molecule has 23 rings (SSSR count). The van der Waals surface area contributed by atoms with E-state index >= 15 is 17.6 Å². The van der Waals surface area contributed by atoms with E-state index in [0.717, 1.165) is 50.2 Å². The molecule has 5 aliphatic heterocycles. The van der Waals surface area contributed by atoms with Crippen molar-refractivity contribution in [1.29, 1.82) is 0 Å². The van der Waals surface area contributed by atoms with Crippen LogP contribution in [0.15, 0.2) is 260 Å². The van der Waals surface area contributed by atoms with Crippen molar-refractivity contribution in [1.82, 2.24) is 39.9 Å². The number of aromatic amines is 4. The van der Waals surface area contributed by atoms with Crippen LogP contribution in [0.25, 0.3) is 44.1 Å². The first kappa shape index (κ1) is 96.7. The highest BCUT2D eigenvalue weighted by Crippen LogP contribution is 2.53. The lowest BCUT2D eigenvalue weighted by Crippen LogP contribution is -2.45. The molecule has 8 amide bonds. The third kappa shape index (κ3) is 17.8. The first-order chi connectivity index (χ1) is 69.9. The van der Waals surface area contributed by atoms with E-state index in [0.29, 0.717) is 84.5 Å². The molecule has 17 aromatic rings. The molecule has 12 aromatic carbocycles. The molecule has 0 spiro atoms. The molecule has 1 saturated carbocycles. The number of methoxy groups -OCH3 is 1. The minimum Gasteiger partial charge on any atom is -0.447 e. The van der Waals surface area contributed by atoms with Crippen LogP contribution in [-0.4, -0.2) is 148 Å². The maximum absolute atomic E-state index is 15.1. The van der Waals surface area contributed by atoms with Gasteiger partial charge in [-0.1, -0.05) is 174 Å². The van der Waals surface area contributed by atoms with Crippen LogP contribution in [0.5, 0.6) is 0 Å². The fourth-order valence-electron chi connectivity index (χ4n) is 18.3. The van der Waals surface area contributed by atoms with E-state index < -0.39 is 82.0 Å². The van der Waals surface area contributed by atoms with Crippen LogP contribution in [0.2, 0.25) is 20.1 Å². The van der Waals surface area contributed by atoms with Gasteiger partial charge in [0.15, 0.2) is 46.2 Å². The molecule has 10 heterocycles. The molecule has 0 bridgehead atoms. The van der Waals surface area contributed by atoms with E-state index in [1.165, 1.54) is 91.2 Å². The number of H-pyrrole nitrogens is 4. The minimum absolute atomic E-state index is 0.0200. The van der Waals surface area contributed by atoms with Crippen molar-refractivity contribution in [3.05, 3.63) is 375 Å². The zero-order valence-corrected chi connectivity index (χ0v) is 79.4. The number of benzene rings is 12. The van der Waals surface area contributed by atoms with E-state index in [-0.39, 0.29) is 150 Å². The van der Waals surface area contributed by atoms with Crippen molar-refractivity contribution >= 4 is 196 Å². The number of amides is 8. The number of ether oxygens (including phenoxy) is 4. The van der Waals surface area contributed by atoms with Gasteiger partial charge in [-0.15, -0.1) is 11.3 Å². The van der Waals surface area contributed by atoms with Gasteiger partial charge >= 0.3 is 12.2 Å². The molecule has 0 radical (unpaired) electrons. The summed E-state index contributed by atoms with van der Waals surface area (Å²) in [5.74, 6) is -5.04. The topological polar surface area (TPSA) is 430 Å². The van der Waals surface area contributed by atoms with E-state index in [4.69, 9.17) is 65.4 Å². The number of nitrogens with one attached hydrogen (secondary N) is 8. The number of fused-ring (bicyclic) bond motifs is 8. The fraction of sp³-hybridized carbons (Fsp3) is 0.154. The van der Waals surface area contributed by atoms with Gasteiger partial charge in [0.05, 0.1) is 106 Å². The summed E-state index contributed by atoms with van der Waals surface area (Å²) >= 11 is 25.5. The summed E-state index contributed by atoms with van der Waals surface area (Å²) in [5.41, 5.74) is -1.37. The molecule has 12 N–H and O–H groups in total. The molecule has 41 heteroatoms. The second-order valence-electron chi connectivity index (χ2n) is 34.2. The van der Waals surface area contributed by atoms with E-state index in [1.807, 2.05) is 17.5 Å². The zero-order chi connectivity index (χ0) is 101. The Morgan fingerprint density at radius 1 is 0.414 bits per heavy atom. The van der Waals surface area contributed by atoms with Gasteiger partial charge in [-0.05, 0) is 158 Å². The fourth-order valence-corrected chi connectivity index (χ4v) is 19.6. The van der Waals surface area contributed by atoms with Gasteiger partial charge in [0.1, 0.15) is 13.2 Å². The minimum atomic E-state index is -2.05. The highest BCUT2D eigenvalue weighted by atomic mass is 35.5. The van der Waals surface area contributed by atoms with Crippen LogP contribution < -0.4 is 40.9 Å². The van der Waals surface area contributed by atoms with Crippen LogP contribution in [0.4, 0.5) is 73.7 Å². The molecule has 732 valence electrons. The number of carbonyl (C=O) groups is 8. The second-order valence-corrected chi connectivity index (χ2v) is 36.8. The summed E-state index contributed by atoms with van der Waals surface area (Å²) in [6.45, 7) is 1.13. The van der Waals surface area contributed by atoms with Gasteiger partial charge in [0.2, 0.25) is 35.6 Å². The van der Waals surface area contributed by atoms with Crippen molar-refractivity contribution in [3.63, 3.8) is 0 Å².